The normalized spacial score (nSPS) is 18.7. The maximum Gasteiger partial charge on any atom is 0.573 e. The van der Waals surface area contributed by atoms with Crippen LogP contribution in [0.25, 0.3) is 0 Å². The van der Waals surface area contributed by atoms with Crippen LogP contribution in [0.3, 0.4) is 0 Å². The molecule has 1 amide bonds. The maximum absolute atomic E-state index is 12.4. The fourth-order valence-electron chi connectivity index (χ4n) is 3.68. The Labute approximate surface area is 185 Å². The highest BCUT2D eigenvalue weighted by atomic mass is 19.4. The predicted octanol–water partition coefficient (Wildman–Crippen LogP) is 4.15. The Hall–Kier alpha value is -3.04. The average Bonchev–Trinajstić information content (AvgIpc) is 2.72. The zero-order valence-corrected chi connectivity index (χ0v) is 18.4. The number of alkyl halides is 3. The minimum absolute atomic E-state index is 0.0421. The Kier molecular flexibility index (Phi) is 7.42. The van der Waals surface area contributed by atoms with Crippen molar-refractivity contribution < 1.29 is 22.7 Å². The van der Waals surface area contributed by atoms with Crippen LogP contribution in [0.1, 0.15) is 41.7 Å². The van der Waals surface area contributed by atoms with E-state index in [4.69, 9.17) is 0 Å². The molecule has 1 aromatic heterocycles. The fourth-order valence-corrected chi connectivity index (χ4v) is 3.68. The molecule has 174 valence electrons. The van der Waals surface area contributed by atoms with Crippen molar-refractivity contribution in [1.29, 1.82) is 0 Å². The van der Waals surface area contributed by atoms with Gasteiger partial charge in [-0.2, -0.15) is 4.98 Å². The molecule has 10 heteroatoms. The number of hydrogen-bond donors (Lipinski definition) is 2. The van der Waals surface area contributed by atoms with Crippen molar-refractivity contribution >= 4 is 17.7 Å². The number of hydrogen-bond acceptors (Lipinski definition) is 6. The molecule has 2 N–H and O–H groups in total. The van der Waals surface area contributed by atoms with E-state index in [0.717, 1.165) is 55.9 Å². The van der Waals surface area contributed by atoms with Crippen molar-refractivity contribution in [1.82, 2.24) is 15.3 Å². The third-order valence-corrected chi connectivity index (χ3v) is 5.38. The van der Waals surface area contributed by atoms with Gasteiger partial charge in [-0.05, 0) is 62.8 Å². The van der Waals surface area contributed by atoms with E-state index >= 15 is 0 Å². The summed E-state index contributed by atoms with van der Waals surface area (Å²) >= 11 is 0. The van der Waals surface area contributed by atoms with Crippen molar-refractivity contribution in [2.45, 2.75) is 45.0 Å². The number of amides is 1. The zero-order valence-electron chi connectivity index (χ0n) is 18.4. The summed E-state index contributed by atoms with van der Waals surface area (Å²) < 4.78 is 40.6. The van der Waals surface area contributed by atoms with Crippen LogP contribution in [0.4, 0.5) is 24.9 Å². The predicted molar refractivity (Wildman–Crippen MR) is 116 cm³/mol. The van der Waals surface area contributed by atoms with Gasteiger partial charge < -0.3 is 20.3 Å². The summed E-state index contributed by atoms with van der Waals surface area (Å²) in [6.07, 6.45) is -1.18. The molecule has 0 bridgehead atoms. The molecule has 1 aliphatic rings. The molecule has 0 spiro atoms. The van der Waals surface area contributed by atoms with E-state index in [1.54, 1.807) is 0 Å². The third kappa shape index (κ3) is 7.00. The van der Waals surface area contributed by atoms with E-state index in [2.05, 4.69) is 25.3 Å². The summed E-state index contributed by atoms with van der Waals surface area (Å²) in [6.45, 7) is 2.70. The van der Waals surface area contributed by atoms with Gasteiger partial charge in [-0.1, -0.05) is 0 Å². The van der Waals surface area contributed by atoms with Gasteiger partial charge in [-0.25, -0.2) is 4.98 Å². The van der Waals surface area contributed by atoms with Gasteiger partial charge in [-0.15, -0.1) is 13.2 Å². The number of benzene rings is 1. The van der Waals surface area contributed by atoms with E-state index in [1.165, 1.54) is 12.1 Å². The highest BCUT2D eigenvalue weighted by molar-refractivity contribution is 5.94. The largest absolute Gasteiger partial charge is 0.573 e. The number of halogens is 3. The highest BCUT2D eigenvalue weighted by Crippen LogP contribution is 2.26. The second-order valence-electron chi connectivity index (χ2n) is 8.23. The first-order valence-corrected chi connectivity index (χ1v) is 10.5. The number of nitrogens with one attached hydrogen (secondary N) is 2. The Bertz CT molecular complexity index is 911. The lowest BCUT2D eigenvalue weighted by Gasteiger charge is -2.29. The van der Waals surface area contributed by atoms with Crippen LogP contribution in [0.5, 0.6) is 5.75 Å². The molecule has 1 fully saturated rings. The minimum Gasteiger partial charge on any atom is -0.406 e. The van der Waals surface area contributed by atoms with E-state index < -0.39 is 6.36 Å². The molecule has 0 unspecified atom stereocenters. The maximum atomic E-state index is 12.4. The number of carbonyl (C=O) groups is 1. The monoisotopic (exact) mass is 451 g/mol. The Balaban J connectivity index is 1.44. The van der Waals surface area contributed by atoms with E-state index in [9.17, 15) is 18.0 Å². The summed E-state index contributed by atoms with van der Waals surface area (Å²) in [7, 11) is 3.87. The molecule has 7 nitrogen and oxygen atoms in total. The van der Waals surface area contributed by atoms with Gasteiger partial charge in [0.1, 0.15) is 11.6 Å². The van der Waals surface area contributed by atoms with Crippen molar-refractivity contribution in [3.63, 3.8) is 0 Å². The summed E-state index contributed by atoms with van der Waals surface area (Å²) in [4.78, 5) is 23.3. The zero-order chi connectivity index (χ0) is 23.3. The number of anilines is 2. The van der Waals surface area contributed by atoms with Gasteiger partial charge in [0, 0.05) is 44.0 Å². The van der Waals surface area contributed by atoms with Crippen LogP contribution in [0, 0.1) is 12.8 Å². The smallest absolute Gasteiger partial charge is 0.406 e. The number of aryl methyl sites for hydroxylation is 1. The molecule has 0 atom stereocenters. The fraction of sp³-hybridized carbons (Fsp3) is 0.500. The lowest BCUT2D eigenvalue weighted by molar-refractivity contribution is -0.274. The first kappa shape index (κ1) is 23.6. The van der Waals surface area contributed by atoms with E-state index in [0.29, 0.717) is 17.4 Å². The molecule has 1 heterocycles. The minimum atomic E-state index is -4.75. The molecule has 2 aromatic rings. The van der Waals surface area contributed by atoms with Crippen molar-refractivity contribution in [3.05, 3.63) is 41.6 Å². The second-order valence-corrected chi connectivity index (χ2v) is 8.23. The van der Waals surface area contributed by atoms with Crippen molar-refractivity contribution in [2.24, 2.45) is 5.92 Å². The van der Waals surface area contributed by atoms with E-state index in [1.807, 2.05) is 32.0 Å². The van der Waals surface area contributed by atoms with E-state index in [-0.39, 0.29) is 17.7 Å². The summed E-state index contributed by atoms with van der Waals surface area (Å²) in [5, 5.41) is 6.30. The van der Waals surface area contributed by atoms with Crippen LogP contribution in [0.15, 0.2) is 30.3 Å². The lowest BCUT2D eigenvalue weighted by Crippen LogP contribution is -2.38. The first-order chi connectivity index (χ1) is 15.1. The van der Waals surface area contributed by atoms with Crippen LogP contribution >= 0.6 is 0 Å². The number of ether oxygens (including phenoxy) is 1. The number of nitrogens with zero attached hydrogens (tertiary/aromatic N) is 3. The van der Waals surface area contributed by atoms with Crippen LogP contribution in [-0.2, 0) is 0 Å². The lowest BCUT2D eigenvalue weighted by atomic mass is 9.86. The molecular weight excluding hydrogens is 423 g/mol. The quantitative estimate of drug-likeness (QED) is 0.659. The van der Waals surface area contributed by atoms with Gasteiger partial charge in [0.15, 0.2) is 0 Å². The molecular formula is C22H28F3N5O2. The van der Waals surface area contributed by atoms with Crippen LogP contribution in [-0.4, -0.2) is 48.9 Å². The summed E-state index contributed by atoms with van der Waals surface area (Å²) in [6, 6.07) is 6.90. The molecule has 1 saturated carbocycles. The molecule has 1 aromatic carbocycles. The average molecular weight is 451 g/mol. The van der Waals surface area contributed by atoms with Crippen molar-refractivity contribution in [2.75, 3.05) is 30.9 Å². The van der Waals surface area contributed by atoms with Gasteiger partial charge >= 0.3 is 6.36 Å². The SMILES string of the molecule is Cc1cc(N(C)C)nc(NC[C@H]2CC[C@@H](NC(=O)c3ccc(OC(F)(F)F)cc3)CC2)n1. The van der Waals surface area contributed by atoms with Gasteiger partial charge in [0.05, 0.1) is 0 Å². The standard InChI is InChI=1S/C22H28F3N5O2/c1-14-12-19(30(2)3)29-21(27-14)26-13-15-4-8-17(9-5-15)28-20(31)16-6-10-18(11-7-16)32-22(23,24)25/h6-7,10-12,15,17H,4-5,8-9,13H2,1-3H3,(H,28,31)(H,26,27,29)/t15-,17+. The third-order valence-electron chi connectivity index (χ3n) is 5.38. The Morgan fingerprint density at radius 1 is 1.12 bits per heavy atom. The molecule has 0 radical (unpaired) electrons. The Morgan fingerprint density at radius 3 is 2.38 bits per heavy atom. The molecule has 0 aliphatic heterocycles. The molecule has 3 rings (SSSR count). The van der Waals surface area contributed by atoms with Gasteiger partial charge in [-0.3, -0.25) is 4.79 Å². The van der Waals surface area contributed by atoms with Crippen LogP contribution < -0.4 is 20.3 Å². The summed E-state index contributed by atoms with van der Waals surface area (Å²) in [5.74, 6) is 1.27. The van der Waals surface area contributed by atoms with Gasteiger partial charge in [0.2, 0.25) is 5.95 Å². The molecule has 0 saturated heterocycles. The summed E-state index contributed by atoms with van der Waals surface area (Å²) in [5.41, 5.74) is 1.20. The molecule has 1 aliphatic carbocycles. The first-order valence-electron chi connectivity index (χ1n) is 10.5. The number of carbonyl (C=O) groups excluding carboxylic acids is 1. The highest BCUT2D eigenvalue weighted by Gasteiger charge is 2.31. The van der Waals surface area contributed by atoms with Crippen LogP contribution in [0.2, 0.25) is 0 Å². The van der Waals surface area contributed by atoms with Gasteiger partial charge in [0.25, 0.3) is 5.91 Å². The Morgan fingerprint density at radius 2 is 1.78 bits per heavy atom. The second kappa shape index (κ2) is 10.1. The molecule has 32 heavy (non-hydrogen) atoms. The number of aromatic nitrogens is 2. The topological polar surface area (TPSA) is 79.4 Å². The van der Waals surface area contributed by atoms with Crippen molar-refractivity contribution in [3.8, 4) is 5.75 Å². The number of rotatable bonds is 7.